The Kier molecular flexibility index (Phi) is 5.03. The molecule has 1 heterocycles. The molecule has 1 amide bonds. The number of piperidine rings is 1. The maximum Gasteiger partial charge on any atom is 0.231 e. The summed E-state index contributed by atoms with van der Waals surface area (Å²) in [7, 11) is 0. The van der Waals surface area contributed by atoms with Crippen LogP contribution in [-0.4, -0.2) is 36.5 Å². The predicted octanol–water partition coefficient (Wildman–Crippen LogP) is 1.00. The standard InChI is InChI=1S/C14H19F2N3O/c15-11-1-2-13(16)10(7-11)8-19(9-14(17)20)12-3-5-18-6-4-12/h1-2,7,12,18H,3-6,8-9H2,(H2,17,20). The summed E-state index contributed by atoms with van der Waals surface area (Å²) >= 11 is 0. The summed E-state index contributed by atoms with van der Waals surface area (Å²) in [5, 5.41) is 3.23. The second kappa shape index (κ2) is 6.76. The van der Waals surface area contributed by atoms with Crippen molar-refractivity contribution in [3.8, 4) is 0 Å². The van der Waals surface area contributed by atoms with Crippen molar-refractivity contribution in [2.75, 3.05) is 19.6 Å². The lowest BCUT2D eigenvalue weighted by Gasteiger charge is -2.33. The molecule has 0 saturated carbocycles. The Balaban J connectivity index is 2.13. The van der Waals surface area contributed by atoms with Crippen LogP contribution < -0.4 is 11.1 Å². The van der Waals surface area contributed by atoms with Gasteiger partial charge in [-0.1, -0.05) is 0 Å². The SMILES string of the molecule is NC(=O)CN(Cc1cc(F)ccc1F)C1CCNCC1. The summed E-state index contributed by atoms with van der Waals surface area (Å²) in [6.45, 7) is 1.95. The molecule has 0 aromatic heterocycles. The fraction of sp³-hybridized carbons (Fsp3) is 0.500. The normalized spacial score (nSPS) is 16.6. The Morgan fingerprint density at radius 2 is 2.05 bits per heavy atom. The van der Waals surface area contributed by atoms with Gasteiger partial charge in [-0.2, -0.15) is 0 Å². The van der Waals surface area contributed by atoms with Gasteiger partial charge in [0.05, 0.1) is 6.54 Å². The summed E-state index contributed by atoms with van der Waals surface area (Å²) in [4.78, 5) is 13.0. The van der Waals surface area contributed by atoms with Gasteiger partial charge in [0.2, 0.25) is 5.91 Å². The summed E-state index contributed by atoms with van der Waals surface area (Å²) in [5.41, 5.74) is 5.51. The van der Waals surface area contributed by atoms with Crippen molar-refractivity contribution < 1.29 is 13.6 Å². The summed E-state index contributed by atoms with van der Waals surface area (Å²) in [6, 6.07) is 3.52. The van der Waals surface area contributed by atoms with E-state index in [4.69, 9.17) is 5.73 Å². The van der Waals surface area contributed by atoms with Crippen LogP contribution >= 0.6 is 0 Å². The fourth-order valence-electron chi connectivity index (χ4n) is 2.57. The van der Waals surface area contributed by atoms with Crippen molar-refractivity contribution in [3.05, 3.63) is 35.4 Å². The van der Waals surface area contributed by atoms with Crippen LogP contribution in [0, 0.1) is 11.6 Å². The zero-order chi connectivity index (χ0) is 14.5. The number of nitrogens with zero attached hydrogens (tertiary/aromatic N) is 1. The zero-order valence-electron chi connectivity index (χ0n) is 11.2. The lowest BCUT2D eigenvalue weighted by Crippen LogP contribution is -2.46. The lowest BCUT2D eigenvalue weighted by atomic mass is 10.0. The molecule has 6 heteroatoms. The molecular weight excluding hydrogens is 264 g/mol. The van der Waals surface area contributed by atoms with Gasteiger partial charge < -0.3 is 11.1 Å². The summed E-state index contributed by atoms with van der Waals surface area (Å²) in [6.07, 6.45) is 1.73. The maximum atomic E-state index is 13.7. The van der Waals surface area contributed by atoms with E-state index in [1.807, 2.05) is 4.90 Å². The second-order valence-electron chi connectivity index (χ2n) is 5.09. The Hall–Kier alpha value is -1.53. The zero-order valence-corrected chi connectivity index (χ0v) is 11.2. The number of primary amides is 1. The molecule has 1 saturated heterocycles. The molecule has 0 atom stereocenters. The highest BCUT2D eigenvalue weighted by molar-refractivity contribution is 5.75. The van der Waals surface area contributed by atoms with Crippen LogP contribution in [-0.2, 0) is 11.3 Å². The monoisotopic (exact) mass is 283 g/mol. The van der Waals surface area contributed by atoms with Gasteiger partial charge in [0.1, 0.15) is 11.6 Å². The molecule has 0 unspecified atom stereocenters. The number of halogens is 2. The molecule has 1 aliphatic heterocycles. The van der Waals surface area contributed by atoms with E-state index in [-0.39, 0.29) is 24.7 Å². The number of amides is 1. The Labute approximate surface area is 116 Å². The number of nitrogens with one attached hydrogen (secondary N) is 1. The predicted molar refractivity (Wildman–Crippen MR) is 71.9 cm³/mol. The first kappa shape index (κ1) is 14.9. The molecular formula is C14H19F2N3O. The highest BCUT2D eigenvalue weighted by Crippen LogP contribution is 2.18. The minimum atomic E-state index is -0.481. The first-order valence-corrected chi connectivity index (χ1v) is 6.73. The number of hydrogen-bond acceptors (Lipinski definition) is 3. The number of carbonyl (C=O) groups excluding carboxylic acids is 1. The van der Waals surface area contributed by atoms with Gasteiger partial charge in [-0.15, -0.1) is 0 Å². The third-order valence-corrected chi connectivity index (χ3v) is 3.57. The molecule has 1 fully saturated rings. The van der Waals surface area contributed by atoms with E-state index in [1.165, 1.54) is 6.07 Å². The molecule has 0 spiro atoms. The van der Waals surface area contributed by atoms with Gasteiger partial charge in [-0.3, -0.25) is 9.69 Å². The number of carbonyl (C=O) groups is 1. The van der Waals surface area contributed by atoms with Crippen LogP contribution in [0.15, 0.2) is 18.2 Å². The van der Waals surface area contributed by atoms with Crippen molar-refractivity contribution >= 4 is 5.91 Å². The maximum absolute atomic E-state index is 13.7. The van der Waals surface area contributed by atoms with Crippen LogP contribution in [0.2, 0.25) is 0 Å². The first-order chi connectivity index (χ1) is 9.56. The molecule has 0 radical (unpaired) electrons. The topological polar surface area (TPSA) is 58.4 Å². The van der Waals surface area contributed by atoms with Crippen molar-refractivity contribution in [2.24, 2.45) is 5.73 Å². The molecule has 0 aliphatic carbocycles. The van der Waals surface area contributed by atoms with Crippen molar-refractivity contribution in [1.29, 1.82) is 0 Å². The van der Waals surface area contributed by atoms with Crippen LogP contribution in [0.4, 0.5) is 8.78 Å². The molecule has 0 bridgehead atoms. The van der Waals surface area contributed by atoms with E-state index in [0.29, 0.717) is 0 Å². The van der Waals surface area contributed by atoms with E-state index in [9.17, 15) is 13.6 Å². The van der Waals surface area contributed by atoms with Crippen molar-refractivity contribution in [2.45, 2.75) is 25.4 Å². The van der Waals surface area contributed by atoms with Crippen LogP contribution in [0.5, 0.6) is 0 Å². The summed E-state index contributed by atoms with van der Waals surface area (Å²) in [5.74, 6) is -1.40. The average Bonchev–Trinajstić information content (AvgIpc) is 2.42. The Morgan fingerprint density at radius 1 is 1.35 bits per heavy atom. The summed E-state index contributed by atoms with van der Waals surface area (Å²) < 4.78 is 26.9. The van der Waals surface area contributed by atoms with E-state index >= 15 is 0 Å². The number of nitrogens with two attached hydrogens (primary N) is 1. The lowest BCUT2D eigenvalue weighted by molar-refractivity contribution is -0.120. The van der Waals surface area contributed by atoms with Crippen molar-refractivity contribution in [3.63, 3.8) is 0 Å². The molecule has 1 aliphatic rings. The van der Waals surface area contributed by atoms with E-state index in [1.54, 1.807) is 0 Å². The molecule has 2 rings (SSSR count). The third-order valence-electron chi connectivity index (χ3n) is 3.57. The van der Waals surface area contributed by atoms with Crippen LogP contribution in [0.1, 0.15) is 18.4 Å². The second-order valence-corrected chi connectivity index (χ2v) is 5.09. The minimum Gasteiger partial charge on any atom is -0.369 e. The first-order valence-electron chi connectivity index (χ1n) is 6.73. The number of benzene rings is 1. The van der Waals surface area contributed by atoms with Gasteiger partial charge in [-0.25, -0.2) is 8.78 Å². The van der Waals surface area contributed by atoms with Gasteiger partial charge >= 0.3 is 0 Å². The highest BCUT2D eigenvalue weighted by Gasteiger charge is 2.23. The third kappa shape index (κ3) is 3.98. The average molecular weight is 283 g/mol. The van der Waals surface area contributed by atoms with Gasteiger partial charge in [-0.05, 0) is 44.1 Å². The molecule has 1 aromatic carbocycles. The number of hydrogen-bond donors (Lipinski definition) is 2. The molecule has 110 valence electrons. The van der Waals surface area contributed by atoms with Gasteiger partial charge in [0.25, 0.3) is 0 Å². The van der Waals surface area contributed by atoms with Gasteiger partial charge in [0, 0.05) is 18.2 Å². The molecule has 3 N–H and O–H groups in total. The quantitative estimate of drug-likeness (QED) is 0.848. The van der Waals surface area contributed by atoms with Gasteiger partial charge in [0.15, 0.2) is 0 Å². The van der Waals surface area contributed by atoms with E-state index in [2.05, 4.69) is 5.32 Å². The van der Waals surface area contributed by atoms with Crippen molar-refractivity contribution in [1.82, 2.24) is 10.2 Å². The molecule has 1 aromatic rings. The Bertz CT molecular complexity index is 475. The number of rotatable bonds is 5. The molecule has 20 heavy (non-hydrogen) atoms. The minimum absolute atomic E-state index is 0.0562. The molecule has 4 nitrogen and oxygen atoms in total. The van der Waals surface area contributed by atoms with E-state index < -0.39 is 17.5 Å². The highest BCUT2D eigenvalue weighted by atomic mass is 19.1. The van der Waals surface area contributed by atoms with E-state index in [0.717, 1.165) is 38.1 Å². The fourth-order valence-corrected chi connectivity index (χ4v) is 2.57. The Morgan fingerprint density at radius 3 is 2.70 bits per heavy atom. The smallest absolute Gasteiger partial charge is 0.231 e. The van der Waals surface area contributed by atoms with Crippen LogP contribution in [0.3, 0.4) is 0 Å². The largest absolute Gasteiger partial charge is 0.369 e. The van der Waals surface area contributed by atoms with Crippen LogP contribution in [0.25, 0.3) is 0 Å².